The van der Waals surface area contributed by atoms with Gasteiger partial charge in [0.2, 0.25) is 0 Å². The second-order valence-corrected chi connectivity index (χ2v) is 6.91. The fraction of sp³-hybridized carbons (Fsp3) is 0.182. The predicted octanol–water partition coefficient (Wildman–Crippen LogP) is 1.29. The smallest absolute Gasteiger partial charge is 0.331 e. The van der Waals surface area contributed by atoms with Gasteiger partial charge in [-0.05, 0) is 30.7 Å². The number of nitrogens with one attached hydrogen (secondary N) is 1. The number of hydrogen-bond donors (Lipinski definition) is 2. The summed E-state index contributed by atoms with van der Waals surface area (Å²) in [6.07, 6.45) is 2.53. The maximum Gasteiger partial charge on any atom is 0.331 e. The van der Waals surface area contributed by atoms with Crippen molar-refractivity contribution >= 4 is 29.5 Å². The van der Waals surface area contributed by atoms with Crippen LogP contribution in [0.3, 0.4) is 0 Å². The zero-order chi connectivity index (χ0) is 23.3. The number of rotatable bonds is 7. The molecule has 3 N–H and O–H groups in total. The Bertz CT molecular complexity index is 1270. The number of ether oxygens (including phenoxy) is 1. The maximum atomic E-state index is 12.5. The lowest BCUT2D eigenvalue weighted by Gasteiger charge is -2.20. The molecular formula is C22H22N4O6. The van der Waals surface area contributed by atoms with Crippen molar-refractivity contribution in [2.24, 2.45) is 0 Å². The van der Waals surface area contributed by atoms with Gasteiger partial charge in [-0.15, -0.1) is 0 Å². The van der Waals surface area contributed by atoms with Crippen LogP contribution in [0.1, 0.15) is 17.1 Å². The fourth-order valence-corrected chi connectivity index (χ4v) is 2.92. The standard InChI is InChI=1S/C22H22N4O6/c1-14-8-9-16(32-14)10-11-18(28)31-13-17(27)25(2)19-20(23)26(22(30)24-21(19)29)12-15-6-4-3-5-7-15/h3-11H,12-13,23H2,1-2H3,(H,24,29,30). The summed E-state index contributed by atoms with van der Waals surface area (Å²) in [5, 5.41) is 0. The summed E-state index contributed by atoms with van der Waals surface area (Å²) in [6, 6.07) is 12.4. The van der Waals surface area contributed by atoms with Crippen molar-refractivity contribution in [3.05, 3.63) is 86.5 Å². The van der Waals surface area contributed by atoms with Crippen molar-refractivity contribution < 1.29 is 18.7 Å². The molecule has 10 nitrogen and oxygen atoms in total. The van der Waals surface area contributed by atoms with Gasteiger partial charge in [0.25, 0.3) is 11.5 Å². The molecule has 3 aromatic rings. The molecule has 0 saturated heterocycles. The van der Waals surface area contributed by atoms with Gasteiger partial charge in [0, 0.05) is 13.1 Å². The first-order valence-corrected chi connectivity index (χ1v) is 9.60. The third kappa shape index (κ3) is 5.22. The van der Waals surface area contributed by atoms with Crippen LogP contribution < -0.4 is 21.9 Å². The van der Waals surface area contributed by atoms with E-state index in [0.717, 1.165) is 21.1 Å². The zero-order valence-corrected chi connectivity index (χ0v) is 17.5. The Morgan fingerprint density at radius 2 is 1.91 bits per heavy atom. The molecule has 1 aromatic carbocycles. The summed E-state index contributed by atoms with van der Waals surface area (Å²) in [4.78, 5) is 52.1. The molecule has 0 aliphatic heterocycles. The summed E-state index contributed by atoms with van der Waals surface area (Å²) in [5.41, 5.74) is 5.09. The van der Waals surface area contributed by atoms with Crippen LogP contribution in [-0.2, 0) is 20.9 Å². The highest BCUT2D eigenvalue weighted by molar-refractivity contribution is 5.97. The third-order valence-corrected chi connectivity index (χ3v) is 4.59. The molecule has 0 aliphatic carbocycles. The first-order chi connectivity index (χ1) is 15.3. The second kappa shape index (κ2) is 9.65. The summed E-state index contributed by atoms with van der Waals surface area (Å²) < 4.78 is 11.4. The lowest BCUT2D eigenvalue weighted by Crippen LogP contribution is -2.40. The number of nitrogens with two attached hydrogens (primary N) is 1. The molecule has 0 saturated carbocycles. The quantitative estimate of drug-likeness (QED) is 0.418. The lowest BCUT2D eigenvalue weighted by atomic mass is 10.2. The largest absolute Gasteiger partial charge is 0.462 e. The number of esters is 1. The molecule has 2 heterocycles. The van der Waals surface area contributed by atoms with Gasteiger partial charge in [0.05, 0.1) is 6.54 Å². The van der Waals surface area contributed by atoms with Crippen molar-refractivity contribution in [3.63, 3.8) is 0 Å². The van der Waals surface area contributed by atoms with E-state index in [2.05, 4.69) is 4.98 Å². The average molecular weight is 438 g/mol. The van der Waals surface area contributed by atoms with E-state index in [0.29, 0.717) is 11.5 Å². The molecule has 10 heteroatoms. The molecule has 1 amide bonds. The van der Waals surface area contributed by atoms with Crippen molar-refractivity contribution in [2.45, 2.75) is 13.5 Å². The molecule has 0 atom stereocenters. The van der Waals surface area contributed by atoms with E-state index >= 15 is 0 Å². The summed E-state index contributed by atoms with van der Waals surface area (Å²) in [7, 11) is 1.30. The lowest BCUT2D eigenvalue weighted by molar-refractivity contribution is -0.142. The van der Waals surface area contributed by atoms with Gasteiger partial charge in [-0.3, -0.25) is 19.1 Å². The van der Waals surface area contributed by atoms with E-state index in [-0.39, 0.29) is 18.1 Å². The molecule has 32 heavy (non-hydrogen) atoms. The maximum absolute atomic E-state index is 12.5. The van der Waals surface area contributed by atoms with Crippen LogP contribution in [0.25, 0.3) is 6.08 Å². The number of hydrogen-bond acceptors (Lipinski definition) is 7. The Morgan fingerprint density at radius 3 is 2.56 bits per heavy atom. The number of H-pyrrole nitrogens is 1. The van der Waals surface area contributed by atoms with Gasteiger partial charge >= 0.3 is 11.7 Å². The Morgan fingerprint density at radius 1 is 1.19 bits per heavy atom. The number of nitrogens with zero attached hydrogens (tertiary/aromatic N) is 2. The molecule has 0 fully saturated rings. The number of furan rings is 1. The van der Waals surface area contributed by atoms with E-state index in [1.54, 1.807) is 43.3 Å². The predicted molar refractivity (Wildman–Crippen MR) is 118 cm³/mol. The first kappa shape index (κ1) is 22.3. The summed E-state index contributed by atoms with van der Waals surface area (Å²) in [5.74, 6) is -0.508. The van der Waals surface area contributed by atoms with E-state index < -0.39 is 29.7 Å². The number of carbonyl (C=O) groups is 2. The summed E-state index contributed by atoms with van der Waals surface area (Å²) in [6.45, 7) is 1.23. The molecule has 0 bridgehead atoms. The van der Waals surface area contributed by atoms with Crippen molar-refractivity contribution in [1.82, 2.24) is 9.55 Å². The average Bonchev–Trinajstić information content (AvgIpc) is 3.19. The Hall–Kier alpha value is -4.34. The van der Waals surface area contributed by atoms with Gasteiger partial charge in [0.1, 0.15) is 17.3 Å². The van der Waals surface area contributed by atoms with Crippen LogP contribution in [0.5, 0.6) is 0 Å². The topological polar surface area (TPSA) is 141 Å². The molecular weight excluding hydrogens is 416 g/mol. The van der Waals surface area contributed by atoms with Crippen LogP contribution in [0.15, 0.2) is 62.5 Å². The number of aromatic nitrogens is 2. The number of nitrogen functional groups attached to an aromatic ring is 1. The first-order valence-electron chi connectivity index (χ1n) is 9.60. The molecule has 0 aliphatic rings. The normalized spacial score (nSPS) is 10.9. The van der Waals surface area contributed by atoms with Crippen LogP contribution >= 0.6 is 0 Å². The van der Waals surface area contributed by atoms with Crippen LogP contribution in [0.2, 0.25) is 0 Å². The molecule has 0 radical (unpaired) electrons. The Labute approximate surface area is 182 Å². The van der Waals surface area contributed by atoms with Gasteiger partial charge < -0.3 is 19.8 Å². The number of carbonyl (C=O) groups excluding carboxylic acids is 2. The number of likely N-dealkylation sites (N-methyl/N-ethyl adjacent to an activating group) is 1. The molecule has 3 rings (SSSR count). The Kier molecular flexibility index (Phi) is 6.74. The zero-order valence-electron chi connectivity index (χ0n) is 17.5. The number of benzene rings is 1. The highest BCUT2D eigenvalue weighted by Crippen LogP contribution is 2.16. The summed E-state index contributed by atoms with van der Waals surface area (Å²) >= 11 is 0. The van der Waals surface area contributed by atoms with Gasteiger partial charge in [-0.2, -0.15) is 0 Å². The van der Waals surface area contributed by atoms with Gasteiger partial charge in [-0.1, -0.05) is 30.3 Å². The van der Waals surface area contributed by atoms with Crippen LogP contribution in [0.4, 0.5) is 11.5 Å². The Balaban J connectivity index is 1.72. The van der Waals surface area contributed by atoms with E-state index in [9.17, 15) is 19.2 Å². The second-order valence-electron chi connectivity index (χ2n) is 6.91. The molecule has 0 unspecified atom stereocenters. The van der Waals surface area contributed by atoms with E-state index in [1.807, 2.05) is 6.07 Å². The SMILES string of the molecule is Cc1ccc(C=CC(=O)OCC(=O)N(C)c2c(N)n(Cc3ccccc3)c(=O)[nH]c2=O)o1. The number of amides is 1. The van der Waals surface area contributed by atoms with Gasteiger partial charge in [0.15, 0.2) is 12.3 Å². The number of anilines is 2. The monoisotopic (exact) mass is 438 g/mol. The van der Waals surface area contributed by atoms with Crippen molar-refractivity contribution in [3.8, 4) is 0 Å². The number of aryl methyl sites for hydroxylation is 1. The molecule has 166 valence electrons. The number of aromatic amines is 1. The minimum Gasteiger partial charge on any atom is -0.462 e. The highest BCUT2D eigenvalue weighted by Gasteiger charge is 2.21. The van der Waals surface area contributed by atoms with Crippen molar-refractivity contribution in [1.29, 1.82) is 0 Å². The van der Waals surface area contributed by atoms with Crippen molar-refractivity contribution in [2.75, 3.05) is 24.3 Å². The molecule has 0 spiro atoms. The van der Waals surface area contributed by atoms with Crippen LogP contribution in [0, 0.1) is 6.92 Å². The highest BCUT2D eigenvalue weighted by atomic mass is 16.5. The van der Waals surface area contributed by atoms with E-state index in [1.165, 1.54) is 13.1 Å². The minimum atomic E-state index is -0.827. The van der Waals surface area contributed by atoms with Gasteiger partial charge in [-0.25, -0.2) is 9.59 Å². The third-order valence-electron chi connectivity index (χ3n) is 4.59. The minimum absolute atomic E-state index is 0.101. The molecule has 2 aromatic heterocycles. The van der Waals surface area contributed by atoms with Crippen LogP contribution in [-0.4, -0.2) is 35.1 Å². The fourth-order valence-electron chi connectivity index (χ4n) is 2.92. The van der Waals surface area contributed by atoms with E-state index in [4.69, 9.17) is 14.9 Å².